The molecule has 0 aromatic heterocycles. The van der Waals surface area contributed by atoms with Crippen molar-refractivity contribution in [3.63, 3.8) is 0 Å². The second-order valence-electron chi connectivity index (χ2n) is 8.65. The number of carbonyl (C=O) groups is 4. The normalized spacial score (nSPS) is 12.7. The third kappa shape index (κ3) is 7.38. The van der Waals surface area contributed by atoms with E-state index in [9.17, 15) is 19.2 Å². The molecule has 0 spiro atoms. The zero-order valence-corrected chi connectivity index (χ0v) is 20.5. The van der Waals surface area contributed by atoms with Crippen molar-refractivity contribution >= 4 is 35.1 Å². The number of carbonyl (C=O) groups excluding carboxylic acids is 4. The molecular formula is C26H31N3O6. The highest BCUT2D eigenvalue weighted by Crippen LogP contribution is 2.27. The van der Waals surface area contributed by atoms with Crippen LogP contribution in [0.4, 0.5) is 11.4 Å². The van der Waals surface area contributed by atoms with E-state index in [0.29, 0.717) is 6.54 Å². The van der Waals surface area contributed by atoms with Gasteiger partial charge in [0.1, 0.15) is 0 Å². The Morgan fingerprint density at radius 2 is 1.51 bits per heavy atom. The summed E-state index contributed by atoms with van der Waals surface area (Å²) in [6.07, 6.45) is 2.12. The summed E-state index contributed by atoms with van der Waals surface area (Å²) in [5.74, 6) is -1.70. The van der Waals surface area contributed by atoms with Crippen LogP contribution in [-0.4, -0.2) is 62.0 Å². The van der Waals surface area contributed by atoms with Crippen molar-refractivity contribution in [1.82, 2.24) is 4.90 Å². The molecule has 2 amide bonds. The van der Waals surface area contributed by atoms with E-state index < -0.39 is 11.9 Å². The minimum absolute atomic E-state index is 0.119. The molecule has 1 aliphatic carbocycles. The third-order valence-electron chi connectivity index (χ3n) is 5.76. The van der Waals surface area contributed by atoms with Crippen LogP contribution < -0.4 is 10.6 Å². The molecule has 1 aliphatic rings. The Labute approximate surface area is 204 Å². The molecule has 0 atom stereocenters. The molecule has 0 aliphatic heterocycles. The number of benzene rings is 2. The van der Waals surface area contributed by atoms with Gasteiger partial charge in [-0.25, -0.2) is 9.59 Å². The van der Waals surface area contributed by atoms with Crippen molar-refractivity contribution < 1.29 is 28.7 Å². The highest BCUT2D eigenvalue weighted by atomic mass is 16.5. The van der Waals surface area contributed by atoms with Crippen LogP contribution in [0.2, 0.25) is 0 Å². The average molecular weight is 482 g/mol. The van der Waals surface area contributed by atoms with E-state index in [1.165, 1.54) is 32.4 Å². The Balaban J connectivity index is 1.61. The Hall–Kier alpha value is -3.72. The molecule has 9 heteroatoms. The zero-order chi connectivity index (χ0) is 25.5. The van der Waals surface area contributed by atoms with Crippen LogP contribution in [0, 0.1) is 13.8 Å². The summed E-state index contributed by atoms with van der Waals surface area (Å²) >= 11 is 0. The Morgan fingerprint density at radius 3 is 2.09 bits per heavy atom. The van der Waals surface area contributed by atoms with E-state index in [1.54, 1.807) is 0 Å². The van der Waals surface area contributed by atoms with Gasteiger partial charge < -0.3 is 20.1 Å². The minimum Gasteiger partial charge on any atom is -0.465 e. The SMILES string of the molecule is COC(=O)c1cc(NC(=O)CCN(CC(=O)Nc2cc(C)ccc2C)C2CC2)cc(C(=O)OC)c1. The highest BCUT2D eigenvalue weighted by Gasteiger charge is 2.30. The lowest BCUT2D eigenvalue weighted by Gasteiger charge is -2.21. The number of aryl methyl sites for hydroxylation is 2. The van der Waals surface area contributed by atoms with Crippen LogP contribution in [0.1, 0.15) is 51.1 Å². The second-order valence-corrected chi connectivity index (χ2v) is 8.65. The molecule has 0 unspecified atom stereocenters. The number of methoxy groups -OCH3 is 2. The molecular weight excluding hydrogens is 450 g/mol. The Morgan fingerprint density at radius 1 is 0.886 bits per heavy atom. The molecule has 2 N–H and O–H groups in total. The molecule has 2 aromatic carbocycles. The van der Waals surface area contributed by atoms with E-state index in [1.807, 2.05) is 36.9 Å². The summed E-state index contributed by atoms with van der Waals surface area (Å²) < 4.78 is 9.44. The maximum atomic E-state index is 12.7. The summed E-state index contributed by atoms with van der Waals surface area (Å²) in [7, 11) is 2.46. The summed E-state index contributed by atoms with van der Waals surface area (Å²) in [4.78, 5) is 51.2. The van der Waals surface area contributed by atoms with Gasteiger partial charge in [0.05, 0.1) is 31.9 Å². The molecule has 186 valence electrons. The number of anilines is 2. The van der Waals surface area contributed by atoms with E-state index >= 15 is 0 Å². The van der Waals surface area contributed by atoms with Crippen LogP contribution in [0.15, 0.2) is 36.4 Å². The minimum atomic E-state index is -0.638. The van der Waals surface area contributed by atoms with Crippen molar-refractivity contribution in [1.29, 1.82) is 0 Å². The van der Waals surface area contributed by atoms with Gasteiger partial charge in [-0.2, -0.15) is 0 Å². The molecule has 2 aromatic rings. The van der Waals surface area contributed by atoms with Crippen LogP contribution in [0.25, 0.3) is 0 Å². The maximum Gasteiger partial charge on any atom is 0.337 e. The van der Waals surface area contributed by atoms with E-state index in [-0.39, 0.29) is 47.6 Å². The predicted molar refractivity (Wildman–Crippen MR) is 132 cm³/mol. The summed E-state index contributed by atoms with van der Waals surface area (Å²) in [5, 5.41) is 5.69. The van der Waals surface area contributed by atoms with Crippen LogP contribution in [0.3, 0.4) is 0 Å². The van der Waals surface area contributed by atoms with Gasteiger partial charge in [-0.05, 0) is 62.1 Å². The van der Waals surface area contributed by atoms with E-state index in [0.717, 1.165) is 29.7 Å². The van der Waals surface area contributed by atoms with Gasteiger partial charge in [-0.3, -0.25) is 14.5 Å². The first-order valence-electron chi connectivity index (χ1n) is 11.4. The molecule has 1 fully saturated rings. The molecule has 35 heavy (non-hydrogen) atoms. The number of esters is 2. The van der Waals surface area contributed by atoms with E-state index in [4.69, 9.17) is 9.47 Å². The summed E-state index contributed by atoms with van der Waals surface area (Å²) in [5.41, 5.74) is 3.36. The fraction of sp³-hybridized carbons (Fsp3) is 0.385. The molecule has 0 heterocycles. The lowest BCUT2D eigenvalue weighted by atomic mass is 10.1. The largest absolute Gasteiger partial charge is 0.465 e. The standard InChI is InChI=1S/C26H31N3O6/c1-16-5-6-17(2)22(11-16)28-24(31)15-29(21-7-8-21)10-9-23(30)27-20-13-18(25(32)34-3)12-19(14-20)26(33)35-4/h5-6,11-14,21H,7-10,15H2,1-4H3,(H,27,30)(H,28,31). The van der Waals surface area contributed by atoms with Gasteiger partial charge in [0.2, 0.25) is 11.8 Å². The first kappa shape index (κ1) is 25.9. The topological polar surface area (TPSA) is 114 Å². The monoisotopic (exact) mass is 481 g/mol. The lowest BCUT2D eigenvalue weighted by molar-refractivity contribution is -0.119. The number of ether oxygens (including phenoxy) is 2. The fourth-order valence-electron chi connectivity index (χ4n) is 3.71. The molecule has 1 saturated carbocycles. The lowest BCUT2D eigenvalue weighted by Crippen LogP contribution is -2.37. The smallest absolute Gasteiger partial charge is 0.337 e. The quantitative estimate of drug-likeness (QED) is 0.501. The second kappa shape index (κ2) is 11.6. The number of nitrogens with zero attached hydrogens (tertiary/aromatic N) is 1. The first-order chi connectivity index (χ1) is 16.7. The van der Waals surface area contributed by atoms with Gasteiger partial charge in [-0.1, -0.05) is 12.1 Å². The van der Waals surface area contributed by atoms with Crippen molar-refractivity contribution in [3.05, 3.63) is 58.7 Å². The van der Waals surface area contributed by atoms with Gasteiger partial charge in [0.25, 0.3) is 0 Å². The number of hydrogen-bond donors (Lipinski definition) is 2. The number of hydrogen-bond acceptors (Lipinski definition) is 7. The fourth-order valence-corrected chi connectivity index (χ4v) is 3.71. The first-order valence-corrected chi connectivity index (χ1v) is 11.4. The maximum absolute atomic E-state index is 12.7. The van der Waals surface area contributed by atoms with Crippen molar-refractivity contribution in [2.45, 2.75) is 39.2 Å². The zero-order valence-electron chi connectivity index (χ0n) is 20.5. The molecule has 9 nitrogen and oxygen atoms in total. The Kier molecular flexibility index (Phi) is 8.59. The molecule has 3 rings (SSSR count). The summed E-state index contributed by atoms with van der Waals surface area (Å²) in [6, 6.07) is 10.4. The molecule has 0 bridgehead atoms. The highest BCUT2D eigenvalue weighted by molar-refractivity contribution is 5.99. The van der Waals surface area contributed by atoms with Gasteiger partial charge >= 0.3 is 11.9 Å². The van der Waals surface area contributed by atoms with Crippen molar-refractivity contribution in [3.8, 4) is 0 Å². The van der Waals surface area contributed by atoms with Gasteiger partial charge in [0, 0.05) is 30.4 Å². The van der Waals surface area contributed by atoms with Crippen molar-refractivity contribution in [2.75, 3.05) is 37.9 Å². The Bertz CT molecular complexity index is 1090. The number of nitrogens with one attached hydrogen (secondary N) is 2. The summed E-state index contributed by atoms with van der Waals surface area (Å²) in [6.45, 7) is 4.50. The molecule has 0 saturated heterocycles. The molecule has 0 radical (unpaired) electrons. The van der Waals surface area contributed by atoms with E-state index in [2.05, 4.69) is 10.6 Å². The van der Waals surface area contributed by atoms with Gasteiger partial charge in [-0.15, -0.1) is 0 Å². The average Bonchev–Trinajstić information content (AvgIpc) is 3.68. The number of amides is 2. The van der Waals surface area contributed by atoms with Crippen LogP contribution >= 0.6 is 0 Å². The number of rotatable bonds is 10. The van der Waals surface area contributed by atoms with Crippen LogP contribution in [-0.2, 0) is 19.1 Å². The van der Waals surface area contributed by atoms with Crippen LogP contribution in [0.5, 0.6) is 0 Å². The third-order valence-corrected chi connectivity index (χ3v) is 5.76. The predicted octanol–water partition coefficient (Wildman–Crippen LogP) is 3.31. The van der Waals surface area contributed by atoms with Gasteiger partial charge in [0.15, 0.2) is 0 Å². The van der Waals surface area contributed by atoms with Crippen molar-refractivity contribution in [2.24, 2.45) is 0 Å².